The number of carbonyl (C=O) groups is 2. The van der Waals surface area contributed by atoms with E-state index in [4.69, 9.17) is 5.73 Å². The molecule has 4 nitrogen and oxygen atoms in total. The molecule has 0 saturated heterocycles. The van der Waals surface area contributed by atoms with E-state index in [9.17, 15) is 9.59 Å². The van der Waals surface area contributed by atoms with Crippen LogP contribution in [0.15, 0.2) is 24.3 Å². The molecule has 0 aliphatic rings. The van der Waals surface area contributed by atoms with E-state index < -0.39 is 5.91 Å². The normalized spacial score (nSPS) is 10.3. The summed E-state index contributed by atoms with van der Waals surface area (Å²) in [5, 5.41) is 3.29. The fraction of sp³-hybridized carbons (Fsp3) is 0.200. The first-order valence-corrected chi connectivity index (χ1v) is 6.99. The lowest BCUT2D eigenvalue weighted by atomic mass is 10.1. The van der Waals surface area contributed by atoms with E-state index >= 15 is 0 Å². The molecule has 0 atom stereocenters. The molecule has 0 saturated carbocycles. The molecular weight excluding hydrogens is 272 g/mol. The minimum Gasteiger partial charge on any atom is -0.365 e. The van der Waals surface area contributed by atoms with Gasteiger partial charge in [-0.15, -0.1) is 11.3 Å². The van der Waals surface area contributed by atoms with Crippen LogP contribution in [0.3, 0.4) is 0 Å². The van der Waals surface area contributed by atoms with Gasteiger partial charge >= 0.3 is 0 Å². The lowest BCUT2D eigenvalue weighted by molar-refractivity contribution is 0.100. The van der Waals surface area contributed by atoms with Crippen LogP contribution in [0.25, 0.3) is 0 Å². The summed E-state index contributed by atoms with van der Waals surface area (Å²) in [5.74, 6) is -0.760. The van der Waals surface area contributed by atoms with E-state index in [1.165, 1.54) is 11.3 Å². The molecular formula is C15H16N2O2S. The van der Waals surface area contributed by atoms with Crippen molar-refractivity contribution in [3.8, 4) is 0 Å². The predicted molar refractivity (Wildman–Crippen MR) is 81.4 cm³/mol. The van der Waals surface area contributed by atoms with E-state index in [-0.39, 0.29) is 5.91 Å². The third kappa shape index (κ3) is 2.72. The second-order valence-corrected chi connectivity index (χ2v) is 5.90. The molecule has 0 aliphatic heterocycles. The van der Waals surface area contributed by atoms with Crippen LogP contribution in [0.5, 0.6) is 0 Å². The Kier molecular flexibility index (Phi) is 3.90. The van der Waals surface area contributed by atoms with Gasteiger partial charge in [-0.05, 0) is 38.5 Å². The Bertz CT molecular complexity index is 689. The second kappa shape index (κ2) is 5.46. The molecule has 2 aromatic rings. The molecule has 2 rings (SSSR count). The SMILES string of the molecule is Cc1cccc(C(=O)Nc2sc(C)c(C)c2C(N)=O)c1. The number of thiophene rings is 1. The molecule has 0 fully saturated rings. The number of hydrogen-bond acceptors (Lipinski definition) is 3. The first-order valence-electron chi connectivity index (χ1n) is 6.18. The monoisotopic (exact) mass is 288 g/mol. The van der Waals surface area contributed by atoms with Crippen LogP contribution in [-0.2, 0) is 0 Å². The largest absolute Gasteiger partial charge is 0.365 e. The summed E-state index contributed by atoms with van der Waals surface area (Å²) in [7, 11) is 0. The van der Waals surface area contributed by atoms with Gasteiger partial charge in [-0.3, -0.25) is 9.59 Å². The van der Waals surface area contributed by atoms with Gasteiger partial charge in [0.2, 0.25) is 0 Å². The van der Waals surface area contributed by atoms with E-state index in [1.54, 1.807) is 12.1 Å². The average molecular weight is 288 g/mol. The highest BCUT2D eigenvalue weighted by atomic mass is 32.1. The maximum Gasteiger partial charge on any atom is 0.256 e. The minimum atomic E-state index is -0.522. The Labute approximate surface area is 121 Å². The van der Waals surface area contributed by atoms with Gasteiger partial charge in [0.25, 0.3) is 11.8 Å². The summed E-state index contributed by atoms with van der Waals surface area (Å²) in [6.45, 7) is 5.65. The van der Waals surface area contributed by atoms with Gasteiger partial charge in [-0.1, -0.05) is 17.7 Å². The van der Waals surface area contributed by atoms with Gasteiger partial charge in [0.1, 0.15) is 5.00 Å². The van der Waals surface area contributed by atoms with Crippen molar-refractivity contribution in [2.45, 2.75) is 20.8 Å². The zero-order valence-corrected chi connectivity index (χ0v) is 12.4. The first kappa shape index (κ1) is 14.3. The highest BCUT2D eigenvalue weighted by Gasteiger charge is 2.19. The van der Waals surface area contributed by atoms with Gasteiger partial charge in [0.05, 0.1) is 5.56 Å². The minimum absolute atomic E-state index is 0.238. The van der Waals surface area contributed by atoms with E-state index in [0.717, 1.165) is 16.0 Å². The van der Waals surface area contributed by atoms with Crippen molar-refractivity contribution in [1.82, 2.24) is 0 Å². The Morgan fingerprint density at radius 3 is 2.50 bits per heavy atom. The van der Waals surface area contributed by atoms with Crippen LogP contribution in [0.2, 0.25) is 0 Å². The van der Waals surface area contributed by atoms with Gasteiger partial charge in [0.15, 0.2) is 0 Å². The summed E-state index contributed by atoms with van der Waals surface area (Å²) >= 11 is 1.36. The number of benzene rings is 1. The molecule has 1 aromatic carbocycles. The van der Waals surface area contributed by atoms with Gasteiger partial charge in [-0.25, -0.2) is 0 Å². The van der Waals surface area contributed by atoms with Crippen LogP contribution >= 0.6 is 11.3 Å². The van der Waals surface area contributed by atoms with Crippen molar-refractivity contribution >= 4 is 28.2 Å². The summed E-state index contributed by atoms with van der Waals surface area (Å²) in [6, 6.07) is 7.28. The molecule has 2 amide bonds. The van der Waals surface area contributed by atoms with Crippen LogP contribution in [0.4, 0.5) is 5.00 Å². The molecule has 1 aromatic heterocycles. The van der Waals surface area contributed by atoms with Crippen LogP contribution in [-0.4, -0.2) is 11.8 Å². The van der Waals surface area contributed by atoms with Crippen molar-refractivity contribution in [1.29, 1.82) is 0 Å². The van der Waals surface area contributed by atoms with E-state index in [0.29, 0.717) is 16.1 Å². The van der Waals surface area contributed by atoms with Gasteiger partial charge in [-0.2, -0.15) is 0 Å². The number of anilines is 1. The number of aryl methyl sites for hydroxylation is 2. The van der Waals surface area contributed by atoms with Crippen molar-refractivity contribution < 1.29 is 9.59 Å². The molecule has 20 heavy (non-hydrogen) atoms. The second-order valence-electron chi connectivity index (χ2n) is 4.68. The lowest BCUT2D eigenvalue weighted by Gasteiger charge is -2.05. The summed E-state index contributed by atoms with van der Waals surface area (Å²) in [4.78, 5) is 24.7. The third-order valence-corrected chi connectivity index (χ3v) is 4.26. The van der Waals surface area contributed by atoms with Crippen molar-refractivity contribution in [2.75, 3.05) is 5.32 Å². The van der Waals surface area contributed by atoms with Gasteiger partial charge in [0, 0.05) is 10.4 Å². The number of nitrogens with one attached hydrogen (secondary N) is 1. The number of amides is 2. The number of hydrogen-bond donors (Lipinski definition) is 2. The van der Waals surface area contributed by atoms with E-state index in [2.05, 4.69) is 5.32 Å². The number of rotatable bonds is 3. The molecule has 3 N–H and O–H groups in total. The smallest absolute Gasteiger partial charge is 0.256 e. The fourth-order valence-electron chi connectivity index (χ4n) is 1.97. The first-order chi connectivity index (χ1) is 9.40. The summed E-state index contributed by atoms with van der Waals surface area (Å²) in [5.41, 5.74) is 8.17. The Balaban J connectivity index is 2.33. The van der Waals surface area contributed by atoms with E-state index in [1.807, 2.05) is 32.9 Å². The van der Waals surface area contributed by atoms with Gasteiger partial charge < -0.3 is 11.1 Å². The lowest BCUT2D eigenvalue weighted by Crippen LogP contribution is -2.17. The molecule has 0 radical (unpaired) electrons. The van der Waals surface area contributed by atoms with Crippen molar-refractivity contribution in [3.05, 3.63) is 51.4 Å². The van der Waals surface area contributed by atoms with Crippen LogP contribution in [0.1, 0.15) is 36.7 Å². The summed E-state index contributed by atoms with van der Waals surface area (Å²) < 4.78 is 0. The topological polar surface area (TPSA) is 72.2 Å². The molecule has 5 heteroatoms. The zero-order chi connectivity index (χ0) is 14.9. The highest BCUT2D eigenvalue weighted by Crippen LogP contribution is 2.32. The average Bonchev–Trinajstić information content (AvgIpc) is 2.64. The number of carbonyl (C=O) groups excluding carboxylic acids is 2. The Hall–Kier alpha value is -2.14. The quantitative estimate of drug-likeness (QED) is 0.911. The van der Waals surface area contributed by atoms with Crippen molar-refractivity contribution in [3.63, 3.8) is 0 Å². The Morgan fingerprint density at radius 2 is 1.90 bits per heavy atom. The molecule has 0 aliphatic carbocycles. The zero-order valence-electron chi connectivity index (χ0n) is 11.6. The standard InChI is InChI=1S/C15H16N2O2S/c1-8-5-4-6-11(7-8)14(19)17-15-12(13(16)18)9(2)10(3)20-15/h4-7H,1-3H3,(H2,16,18)(H,17,19). The third-order valence-electron chi connectivity index (χ3n) is 3.14. The summed E-state index contributed by atoms with van der Waals surface area (Å²) in [6.07, 6.45) is 0. The highest BCUT2D eigenvalue weighted by molar-refractivity contribution is 7.16. The molecule has 1 heterocycles. The molecule has 0 unspecified atom stereocenters. The number of primary amides is 1. The Morgan fingerprint density at radius 1 is 1.20 bits per heavy atom. The molecule has 0 bridgehead atoms. The maximum atomic E-state index is 12.2. The maximum absolute atomic E-state index is 12.2. The fourth-order valence-corrected chi connectivity index (χ4v) is 3.03. The number of nitrogens with two attached hydrogens (primary N) is 1. The van der Waals surface area contributed by atoms with Crippen LogP contribution in [0, 0.1) is 20.8 Å². The predicted octanol–water partition coefficient (Wildman–Crippen LogP) is 3.02. The molecule has 0 spiro atoms. The molecule has 104 valence electrons. The van der Waals surface area contributed by atoms with Crippen molar-refractivity contribution in [2.24, 2.45) is 5.73 Å². The van der Waals surface area contributed by atoms with Crippen LogP contribution < -0.4 is 11.1 Å².